The minimum atomic E-state index is -0.263. The third kappa shape index (κ3) is 5.60. The molecule has 0 aliphatic rings. The Morgan fingerprint density at radius 1 is 1.54 bits per heavy atom. The second-order valence-corrected chi connectivity index (χ2v) is 3.62. The molecule has 0 aromatic heterocycles. The Morgan fingerprint density at radius 2 is 2.08 bits per heavy atom. The van der Waals surface area contributed by atoms with Crippen molar-refractivity contribution in [3.05, 3.63) is 0 Å². The van der Waals surface area contributed by atoms with Crippen LogP contribution in [-0.2, 0) is 9.53 Å². The molecule has 4 nitrogen and oxygen atoms in total. The van der Waals surface area contributed by atoms with Crippen LogP contribution < -0.4 is 5.73 Å². The molecule has 78 valence electrons. The van der Waals surface area contributed by atoms with Gasteiger partial charge in [-0.05, 0) is 14.1 Å². The largest absolute Gasteiger partial charge is 0.461 e. The van der Waals surface area contributed by atoms with Crippen LogP contribution in [-0.4, -0.2) is 44.2 Å². The first-order valence-electron chi connectivity index (χ1n) is 4.49. The summed E-state index contributed by atoms with van der Waals surface area (Å²) >= 11 is 0. The van der Waals surface area contributed by atoms with E-state index in [1.165, 1.54) is 6.92 Å². The van der Waals surface area contributed by atoms with Crippen LogP contribution in [0.3, 0.4) is 0 Å². The van der Waals surface area contributed by atoms with Crippen molar-refractivity contribution in [1.82, 2.24) is 4.90 Å². The number of hydrogen-bond acceptors (Lipinski definition) is 4. The molecule has 2 N–H and O–H groups in total. The zero-order valence-electron chi connectivity index (χ0n) is 8.91. The Morgan fingerprint density at radius 3 is 2.38 bits per heavy atom. The first-order valence-corrected chi connectivity index (χ1v) is 4.49. The van der Waals surface area contributed by atoms with Crippen LogP contribution in [0.1, 0.15) is 13.8 Å². The summed E-state index contributed by atoms with van der Waals surface area (Å²) in [5.41, 5.74) is 5.50. The lowest BCUT2D eigenvalue weighted by atomic mass is 10.0. The van der Waals surface area contributed by atoms with Crippen molar-refractivity contribution >= 4 is 5.97 Å². The number of carbonyl (C=O) groups is 1. The number of ether oxygens (including phenoxy) is 1. The van der Waals surface area contributed by atoms with Gasteiger partial charge in [0, 0.05) is 25.9 Å². The van der Waals surface area contributed by atoms with E-state index in [1.54, 1.807) is 0 Å². The Bertz CT molecular complexity index is 160. The van der Waals surface area contributed by atoms with Crippen LogP contribution in [0.4, 0.5) is 0 Å². The van der Waals surface area contributed by atoms with Crippen molar-refractivity contribution in [3.63, 3.8) is 0 Å². The molecule has 4 heteroatoms. The highest BCUT2D eigenvalue weighted by molar-refractivity contribution is 5.66. The van der Waals surface area contributed by atoms with E-state index >= 15 is 0 Å². The molecule has 13 heavy (non-hydrogen) atoms. The van der Waals surface area contributed by atoms with Crippen molar-refractivity contribution in [3.8, 4) is 0 Å². The van der Waals surface area contributed by atoms with Gasteiger partial charge in [-0.3, -0.25) is 4.79 Å². The van der Waals surface area contributed by atoms with Crippen LogP contribution in [0.2, 0.25) is 0 Å². The molecular weight excluding hydrogens is 168 g/mol. The summed E-state index contributed by atoms with van der Waals surface area (Å²) in [6.45, 7) is 4.69. The summed E-state index contributed by atoms with van der Waals surface area (Å²) in [7, 11) is 3.97. The summed E-state index contributed by atoms with van der Waals surface area (Å²) in [4.78, 5) is 12.8. The highest BCUT2D eigenvalue weighted by Gasteiger charge is 2.18. The fourth-order valence-corrected chi connectivity index (χ4v) is 1.30. The molecule has 0 saturated carbocycles. The standard InChI is InChI=1S/C9H20N2O2/c1-7(6-11(3)4)9(5-10)13-8(2)12/h7,9H,5-6,10H2,1-4H3/t7?,9-/m0/s1. The number of nitrogens with zero attached hydrogens (tertiary/aromatic N) is 1. The summed E-state index contributed by atoms with van der Waals surface area (Å²) in [5, 5.41) is 0. The number of esters is 1. The highest BCUT2D eigenvalue weighted by Crippen LogP contribution is 2.07. The molecule has 0 bridgehead atoms. The lowest BCUT2D eigenvalue weighted by Crippen LogP contribution is -2.37. The van der Waals surface area contributed by atoms with Gasteiger partial charge in [0.05, 0.1) is 0 Å². The minimum absolute atomic E-state index is 0.167. The summed E-state index contributed by atoms with van der Waals surface area (Å²) in [6.07, 6.45) is -0.167. The lowest BCUT2D eigenvalue weighted by Gasteiger charge is -2.24. The highest BCUT2D eigenvalue weighted by atomic mass is 16.5. The second kappa shape index (κ2) is 5.94. The molecular formula is C9H20N2O2. The molecule has 0 radical (unpaired) electrons. The van der Waals surface area contributed by atoms with E-state index in [0.717, 1.165) is 6.54 Å². The second-order valence-electron chi connectivity index (χ2n) is 3.62. The molecule has 0 fully saturated rings. The molecule has 0 aromatic rings. The molecule has 0 heterocycles. The molecule has 1 unspecified atom stereocenters. The van der Waals surface area contributed by atoms with E-state index in [0.29, 0.717) is 6.54 Å². The van der Waals surface area contributed by atoms with Gasteiger partial charge in [0.15, 0.2) is 0 Å². The van der Waals surface area contributed by atoms with Crippen LogP contribution in [0.15, 0.2) is 0 Å². The molecule has 0 aliphatic carbocycles. The maximum atomic E-state index is 10.7. The molecule has 0 saturated heterocycles. The van der Waals surface area contributed by atoms with Gasteiger partial charge in [-0.25, -0.2) is 0 Å². The summed E-state index contributed by atoms with van der Waals surface area (Å²) < 4.78 is 5.07. The van der Waals surface area contributed by atoms with E-state index in [4.69, 9.17) is 10.5 Å². The Labute approximate surface area is 80.0 Å². The van der Waals surface area contributed by atoms with Gasteiger partial charge in [-0.15, -0.1) is 0 Å². The topological polar surface area (TPSA) is 55.6 Å². The van der Waals surface area contributed by atoms with Crippen LogP contribution >= 0.6 is 0 Å². The number of hydrogen-bond donors (Lipinski definition) is 1. The van der Waals surface area contributed by atoms with Crippen molar-refractivity contribution in [2.45, 2.75) is 20.0 Å². The van der Waals surface area contributed by atoms with Gasteiger partial charge in [-0.2, -0.15) is 0 Å². The lowest BCUT2D eigenvalue weighted by molar-refractivity contribution is -0.148. The Balaban J connectivity index is 3.98. The summed E-state index contributed by atoms with van der Waals surface area (Å²) in [5.74, 6) is 0.00459. The van der Waals surface area contributed by atoms with E-state index in [9.17, 15) is 4.79 Å². The zero-order chi connectivity index (χ0) is 10.4. The average molecular weight is 188 g/mol. The molecule has 0 aromatic carbocycles. The van der Waals surface area contributed by atoms with Gasteiger partial charge in [-0.1, -0.05) is 6.92 Å². The van der Waals surface area contributed by atoms with E-state index < -0.39 is 0 Å². The molecule has 0 amide bonds. The smallest absolute Gasteiger partial charge is 0.302 e. The molecule has 2 atom stereocenters. The number of carbonyl (C=O) groups excluding carboxylic acids is 1. The van der Waals surface area contributed by atoms with Crippen molar-refractivity contribution in [2.75, 3.05) is 27.2 Å². The summed E-state index contributed by atoms with van der Waals surface area (Å²) in [6, 6.07) is 0. The van der Waals surface area contributed by atoms with Gasteiger partial charge in [0.1, 0.15) is 6.10 Å². The van der Waals surface area contributed by atoms with Gasteiger partial charge < -0.3 is 15.4 Å². The predicted molar refractivity (Wildman–Crippen MR) is 52.3 cm³/mol. The van der Waals surface area contributed by atoms with E-state index in [1.807, 2.05) is 21.0 Å². The minimum Gasteiger partial charge on any atom is -0.461 e. The third-order valence-corrected chi connectivity index (χ3v) is 1.84. The predicted octanol–water partition coefficient (Wildman–Crippen LogP) is 0.0745. The molecule has 0 spiro atoms. The van der Waals surface area contributed by atoms with E-state index in [-0.39, 0.29) is 18.0 Å². The van der Waals surface area contributed by atoms with Crippen LogP contribution in [0, 0.1) is 5.92 Å². The Hall–Kier alpha value is -0.610. The maximum absolute atomic E-state index is 10.7. The van der Waals surface area contributed by atoms with E-state index in [2.05, 4.69) is 4.90 Å². The zero-order valence-corrected chi connectivity index (χ0v) is 8.91. The SMILES string of the molecule is CC(=O)O[C@@H](CN)C(C)CN(C)C. The van der Waals surface area contributed by atoms with Crippen molar-refractivity contribution in [1.29, 1.82) is 0 Å². The average Bonchev–Trinajstić information content (AvgIpc) is 1.98. The first kappa shape index (κ1) is 12.4. The normalized spacial score (nSPS) is 15.5. The van der Waals surface area contributed by atoms with Gasteiger partial charge in [0.2, 0.25) is 0 Å². The number of nitrogens with two attached hydrogens (primary N) is 1. The molecule has 0 aliphatic heterocycles. The van der Waals surface area contributed by atoms with Gasteiger partial charge >= 0.3 is 5.97 Å². The number of rotatable bonds is 5. The fraction of sp³-hybridized carbons (Fsp3) is 0.889. The monoisotopic (exact) mass is 188 g/mol. The van der Waals surface area contributed by atoms with Crippen LogP contribution in [0.5, 0.6) is 0 Å². The third-order valence-electron chi connectivity index (χ3n) is 1.84. The van der Waals surface area contributed by atoms with Crippen LogP contribution in [0.25, 0.3) is 0 Å². The van der Waals surface area contributed by atoms with Crippen molar-refractivity contribution in [2.24, 2.45) is 11.7 Å². The van der Waals surface area contributed by atoms with Gasteiger partial charge in [0.25, 0.3) is 0 Å². The first-order chi connectivity index (χ1) is 5.97. The Kier molecular flexibility index (Phi) is 5.66. The quantitative estimate of drug-likeness (QED) is 0.621. The maximum Gasteiger partial charge on any atom is 0.302 e. The molecule has 0 rings (SSSR count). The van der Waals surface area contributed by atoms with Crippen molar-refractivity contribution < 1.29 is 9.53 Å². The fourth-order valence-electron chi connectivity index (χ4n) is 1.30.